The van der Waals surface area contributed by atoms with Crippen molar-refractivity contribution in [1.82, 2.24) is 16.0 Å². The lowest BCUT2D eigenvalue weighted by Crippen LogP contribution is -2.51. The van der Waals surface area contributed by atoms with E-state index in [-0.39, 0.29) is 72.1 Å². The Morgan fingerprint density at radius 1 is 0.600 bits per heavy atom. The summed E-state index contributed by atoms with van der Waals surface area (Å²) >= 11 is 0. The number of esters is 1. The standard InChI is InChI=1S/C56H97N3O6/c1-5-7-9-11-13-15-17-19-21-23-25-27-41-57-51(61)34-32-49(54(64)58-42-28-26-24-22-20-18-16-14-12-10-8-6-2)59-52(62)35-36-53(63)65-50-33-31-47-46-30-29-44-43-45(60)37-39-55(44,3)48(46)38-40-56(47,50)4/h43,46-50H,5-42H2,1-4H3,(H,57,61)(H,58,64)(H,59,62)/t46?,47?,48?,49?,50-,55-,56-/m0/s1. The molecule has 0 aromatic carbocycles. The highest BCUT2D eigenvalue weighted by Gasteiger charge is 2.60. The van der Waals surface area contributed by atoms with E-state index in [4.69, 9.17) is 4.74 Å². The van der Waals surface area contributed by atoms with Crippen LogP contribution in [0.2, 0.25) is 0 Å². The summed E-state index contributed by atoms with van der Waals surface area (Å²) < 4.78 is 6.21. The van der Waals surface area contributed by atoms with Crippen molar-refractivity contribution in [3.63, 3.8) is 0 Å². The lowest BCUT2D eigenvalue weighted by molar-refractivity contribution is -0.160. The summed E-state index contributed by atoms with van der Waals surface area (Å²) in [5.41, 5.74) is 1.40. The maximum Gasteiger partial charge on any atom is 0.306 e. The molecule has 0 aliphatic heterocycles. The average Bonchev–Trinajstić information content (AvgIpc) is 3.62. The molecule has 372 valence electrons. The minimum atomic E-state index is -0.840. The number of ketones is 1. The first-order valence-corrected chi connectivity index (χ1v) is 27.8. The van der Waals surface area contributed by atoms with E-state index in [1.807, 2.05) is 6.08 Å². The second-order valence-electron chi connectivity index (χ2n) is 21.6. The summed E-state index contributed by atoms with van der Waals surface area (Å²) in [6.07, 6.45) is 39.9. The van der Waals surface area contributed by atoms with Crippen molar-refractivity contribution in [2.75, 3.05) is 13.1 Å². The summed E-state index contributed by atoms with van der Waals surface area (Å²) in [5, 5.41) is 8.95. The van der Waals surface area contributed by atoms with Crippen molar-refractivity contribution in [2.45, 2.75) is 271 Å². The molecule has 3 saturated carbocycles. The van der Waals surface area contributed by atoms with Gasteiger partial charge in [0.2, 0.25) is 17.7 Å². The number of rotatable bonds is 35. The highest BCUT2D eigenvalue weighted by Crippen LogP contribution is 2.65. The van der Waals surface area contributed by atoms with Crippen molar-refractivity contribution in [2.24, 2.45) is 28.6 Å². The van der Waals surface area contributed by atoms with Gasteiger partial charge >= 0.3 is 5.97 Å². The number of hydrogen-bond donors (Lipinski definition) is 3. The maximum atomic E-state index is 13.5. The van der Waals surface area contributed by atoms with E-state index >= 15 is 0 Å². The van der Waals surface area contributed by atoms with E-state index < -0.39 is 6.04 Å². The summed E-state index contributed by atoms with van der Waals surface area (Å²) in [6, 6.07) is -0.840. The van der Waals surface area contributed by atoms with Crippen LogP contribution in [0.1, 0.15) is 259 Å². The van der Waals surface area contributed by atoms with Gasteiger partial charge in [0.15, 0.2) is 5.78 Å². The zero-order valence-electron chi connectivity index (χ0n) is 42.3. The summed E-state index contributed by atoms with van der Waals surface area (Å²) in [7, 11) is 0. The van der Waals surface area contributed by atoms with Crippen molar-refractivity contribution in [3.05, 3.63) is 11.6 Å². The molecular weight excluding hydrogens is 811 g/mol. The fraction of sp³-hybridized carbons (Fsp3) is 0.875. The van der Waals surface area contributed by atoms with Crippen LogP contribution in [-0.4, -0.2) is 54.7 Å². The normalized spacial score (nSPS) is 25.2. The fourth-order valence-corrected chi connectivity index (χ4v) is 12.5. The molecule has 0 aromatic heterocycles. The molecule has 0 aromatic rings. The Morgan fingerprint density at radius 2 is 1.14 bits per heavy atom. The fourth-order valence-electron chi connectivity index (χ4n) is 12.5. The third-order valence-electron chi connectivity index (χ3n) is 16.7. The van der Waals surface area contributed by atoms with E-state index in [2.05, 4.69) is 43.6 Å². The Hall–Kier alpha value is -2.71. The SMILES string of the molecule is CCCCCCCCCCCCCCNC(=O)CCC(NC(=O)CCC(=O)O[C@H]1CCC2C3CCC4=CC(=O)CC[C@]4(C)C3CC[C@@]21C)C(=O)NCCCCCCCCCCCCCC. The first-order chi connectivity index (χ1) is 31.5. The van der Waals surface area contributed by atoms with E-state index in [9.17, 15) is 24.0 Å². The van der Waals surface area contributed by atoms with E-state index in [1.165, 1.54) is 128 Å². The van der Waals surface area contributed by atoms with Crippen molar-refractivity contribution in [1.29, 1.82) is 0 Å². The first kappa shape index (κ1) is 54.9. The second kappa shape index (κ2) is 30.6. The topological polar surface area (TPSA) is 131 Å². The molecule has 65 heavy (non-hydrogen) atoms. The average molecular weight is 908 g/mol. The van der Waals surface area contributed by atoms with Gasteiger partial charge in [-0.1, -0.05) is 175 Å². The second-order valence-corrected chi connectivity index (χ2v) is 21.6. The molecular formula is C56H97N3O6. The Labute approximate surface area is 397 Å². The molecule has 7 atom stereocenters. The summed E-state index contributed by atoms with van der Waals surface area (Å²) in [6.45, 7) is 10.4. The van der Waals surface area contributed by atoms with Gasteiger partial charge in [-0.3, -0.25) is 24.0 Å². The monoisotopic (exact) mass is 908 g/mol. The largest absolute Gasteiger partial charge is 0.462 e. The highest BCUT2D eigenvalue weighted by atomic mass is 16.5. The number of ether oxygens (including phenoxy) is 1. The third kappa shape index (κ3) is 18.7. The number of allylic oxidation sites excluding steroid dienone is 1. The van der Waals surface area contributed by atoms with Gasteiger partial charge in [0.1, 0.15) is 12.1 Å². The molecule has 9 nitrogen and oxygen atoms in total. The van der Waals surface area contributed by atoms with Gasteiger partial charge in [0, 0.05) is 37.8 Å². The molecule has 4 aliphatic carbocycles. The van der Waals surface area contributed by atoms with Crippen LogP contribution < -0.4 is 16.0 Å². The lowest BCUT2D eigenvalue weighted by Gasteiger charge is -2.57. The van der Waals surface area contributed by atoms with E-state index in [1.54, 1.807) is 0 Å². The predicted octanol–water partition coefficient (Wildman–Crippen LogP) is 13.1. The Balaban J connectivity index is 1.16. The molecule has 9 heteroatoms. The first-order valence-electron chi connectivity index (χ1n) is 27.8. The Bertz CT molecular complexity index is 1460. The van der Waals surface area contributed by atoms with Crippen LogP contribution in [0.15, 0.2) is 11.6 Å². The minimum absolute atomic E-state index is 0.0396. The van der Waals surface area contributed by atoms with Crippen LogP contribution in [0.25, 0.3) is 0 Å². The van der Waals surface area contributed by atoms with Gasteiger partial charge in [-0.05, 0) is 93.5 Å². The van der Waals surface area contributed by atoms with E-state index in [0.29, 0.717) is 37.3 Å². The number of carbonyl (C=O) groups excluding carboxylic acids is 5. The van der Waals surface area contributed by atoms with Crippen LogP contribution in [0, 0.1) is 28.6 Å². The molecule has 3 amide bonds. The van der Waals surface area contributed by atoms with Crippen molar-refractivity contribution < 1.29 is 28.7 Å². The number of hydrogen-bond acceptors (Lipinski definition) is 6. The van der Waals surface area contributed by atoms with Gasteiger partial charge in [0.05, 0.1) is 6.42 Å². The molecule has 3 N–H and O–H groups in total. The smallest absolute Gasteiger partial charge is 0.306 e. The predicted molar refractivity (Wildman–Crippen MR) is 265 cm³/mol. The van der Waals surface area contributed by atoms with Gasteiger partial charge in [-0.15, -0.1) is 0 Å². The summed E-state index contributed by atoms with van der Waals surface area (Å²) in [4.78, 5) is 65.3. The van der Waals surface area contributed by atoms with Crippen LogP contribution in [0.4, 0.5) is 0 Å². The molecule has 0 heterocycles. The zero-order chi connectivity index (χ0) is 46.8. The van der Waals surface area contributed by atoms with E-state index in [0.717, 1.165) is 77.0 Å². The third-order valence-corrected chi connectivity index (χ3v) is 16.7. The molecule has 0 saturated heterocycles. The lowest BCUT2D eigenvalue weighted by atomic mass is 9.47. The van der Waals surface area contributed by atoms with Gasteiger partial charge in [0.25, 0.3) is 0 Å². The van der Waals surface area contributed by atoms with Crippen LogP contribution >= 0.6 is 0 Å². The molecule has 4 aliphatic rings. The summed E-state index contributed by atoms with van der Waals surface area (Å²) in [5.74, 6) is 0.840. The maximum absolute atomic E-state index is 13.5. The van der Waals surface area contributed by atoms with Gasteiger partial charge in [-0.25, -0.2) is 0 Å². The van der Waals surface area contributed by atoms with Crippen molar-refractivity contribution >= 4 is 29.5 Å². The molecule has 3 fully saturated rings. The molecule has 0 spiro atoms. The molecule has 0 radical (unpaired) electrons. The van der Waals surface area contributed by atoms with Crippen molar-refractivity contribution in [3.8, 4) is 0 Å². The zero-order valence-corrected chi connectivity index (χ0v) is 42.3. The van der Waals surface area contributed by atoms with Gasteiger partial charge in [-0.2, -0.15) is 0 Å². The number of carbonyl (C=O) groups is 5. The molecule has 4 unspecified atom stereocenters. The quantitative estimate of drug-likeness (QED) is 0.0429. The number of fused-ring (bicyclic) bond motifs is 5. The van der Waals surface area contributed by atoms with Crippen LogP contribution in [0.5, 0.6) is 0 Å². The number of amides is 3. The van der Waals surface area contributed by atoms with Crippen LogP contribution in [-0.2, 0) is 28.7 Å². The molecule has 0 bridgehead atoms. The highest BCUT2D eigenvalue weighted by molar-refractivity contribution is 5.91. The Kier molecular flexibility index (Phi) is 25.9. The minimum Gasteiger partial charge on any atom is -0.462 e. The van der Waals surface area contributed by atoms with Crippen LogP contribution in [0.3, 0.4) is 0 Å². The molecule has 4 rings (SSSR count). The number of unbranched alkanes of at least 4 members (excludes halogenated alkanes) is 22. The Morgan fingerprint density at radius 3 is 1.71 bits per heavy atom. The van der Waals surface area contributed by atoms with Gasteiger partial charge < -0.3 is 20.7 Å². The number of nitrogens with one attached hydrogen (secondary N) is 3.